The van der Waals surface area contributed by atoms with E-state index >= 15 is 0 Å². The molecule has 13 N–H and O–H groups in total. The van der Waals surface area contributed by atoms with Gasteiger partial charge < -0.3 is 53.5 Å². The topological polar surface area (TPSA) is 284 Å². The van der Waals surface area contributed by atoms with Crippen LogP contribution in [0.5, 0.6) is 0 Å². The van der Waals surface area contributed by atoms with E-state index in [4.69, 9.17) is 17.2 Å². The highest BCUT2D eigenvalue weighted by molar-refractivity contribution is 5.94. The minimum absolute atomic E-state index is 0.0203. The molecule has 1 heterocycles. The SMILES string of the molecule is NC(N)=NCCCC(NC(=O)C(CO)NC(=O)C(CO)NC(=O)C(N)Cc1cnc[nH]1)C(=O)O. The lowest BCUT2D eigenvalue weighted by Crippen LogP contribution is -2.59. The van der Waals surface area contributed by atoms with Gasteiger partial charge in [0.1, 0.15) is 18.1 Å². The number of guanidine groups is 1. The molecule has 0 bridgehead atoms. The summed E-state index contributed by atoms with van der Waals surface area (Å²) in [5.74, 6) is -4.22. The first-order valence-electron chi connectivity index (χ1n) is 10.2. The molecule has 16 nitrogen and oxygen atoms in total. The van der Waals surface area contributed by atoms with Crippen molar-refractivity contribution in [2.45, 2.75) is 43.4 Å². The second kappa shape index (κ2) is 14.4. The molecule has 0 radical (unpaired) electrons. The molecule has 1 rings (SSSR count). The van der Waals surface area contributed by atoms with E-state index < -0.39 is 61.1 Å². The minimum Gasteiger partial charge on any atom is -0.480 e. The Hall–Kier alpha value is -3.76. The standard InChI is InChI=1S/C18H31N9O7/c19-10(4-9-5-22-8-24-9)14(30)26-12(6-28)16(32)27-13(7-29)15(31)25-11(17(33)34)2-1-3-23-18(20)21/h5,8,10-13,28-29H,1-4,6-7,19H2,(H,22,24)(H,25,31)(H,26,30)(H,27,32)(H,33,34)(H4,20,21,23). The Labute approximate surface area is 194 Å². The molecule has 34 heavy (non-hydrogen) atoms. The summed E-state index contributed by atoms with van der Waals surface area (Å²) in [5, 5.41) is 34.9. The van der Waals surface area contributed by atoms with Crippen LogP contribution in [0, 0.1) is 0 Å². The fourth-order valence-corrected chi connectivity index (χ4v) is 2.70. The number of carboxylic acids is 1. The number of carboxylic acid groups (broad SMARTS) is 1. The second-order valence-corrected chi connectivity index (χ2v) is 7.22. The summed E-state index contributed by atoms with van der Waals surface area (Å²) in [6, 6.07) is -5.41. The smallest absolute Gasteiger partial charge is 0.326 e. The predicted molar refractivity (Wildman–Crippen MR) is 118 cm³/mol. The Morgan fingerprint density at radius 3 is 2.03 bits per heavy atom. The predicted octanol–water partition coefficient (Wildman–Crippen LogP) is -5.14. The van der Waals surface area contributed by atoms with Crippen LogP contribution in [0.1, 0.15) is 18.5 Å². The van der Waals surface area contributed by atoms with Crippen molar-refractivity contribution in [3.8, 4) is 0 Å². The van der Waals surface area contributed by atoms with E-state index in [0.29, 0.717) is 5.69 Å². The molecule has 4 unspecified atom stereocenters. The average molecular weight is 486 g/mol. The number of aliphatic carboxylic acids is 1. The van der Waals surface area contributed by atoms with E-state index in [-0.39, 0.29) is 31.8 Å². The maximum absolute atomic E-state index is 12.4. The van der Waals surface area contributed by atoms with Crippen molar-refractivity contribution in [3.63, 3.8) is 0 Å². The summed E-state index contributed by atoms with van der Waals surface area (Å²) in [5.41, 5.74) is 16.7. The summed E-state index contributed by atoms with van der Waals surface area (Å²) in [7, 11) is 0. The summed E-state index contributed by atoms with van der Waals surface area (Å²) >= 11 is 0. The highest BCUT2D eigenvalue weighted by atomic mass is 16.4. The highest BCUT2D eigenvalue weighted by Gasteiger charge is 2.29. The van der Waals surface area contributed by atoms with Crippen LogP contribution in [-0.2, 0) is 25.6 Å². The third kappa shape index (κ3) is 9.80. The zero-order valence-corrected chi connectivity index (χ0v) is 18.3. The molecule has 16 heteroatoms. The van der Waals surface area contributed by atoms with Crippen LogP contribution in [0.4, 0.5) is 0 Å². The van der Waals surface area contributed by atoms with Gasteiger partial charge in [0.2, 0.25) is 17.7 Å². The molecule has 1 aromatic heterocycles. The Morgan fingerprint density at radius 2 is 1.56 bits per heavy atom. The molecule has 0 aliphatic rings. The number of amides is 3. The zero-order valence-electron chi connectivity index (χ0n) is 18.3. The summed E-state index contributed by atoms with van der Waals surface area (Å²) in [4.78, 5) is 58.7. The van der Waals surface area contributed by atoms with Crippen molar-refractivity contribution >= 4 is 29.7 Å². The molecule has 0 fully saturated rings. The number of hydrogen-bond acceptors (Lipinski definition) is 9. The van der Waals surface area contributed by atoms with Crippen molar-refractivity contribution in [2.75, 3.05) is 19.8 Å². The number of aliphatic imine (C=N–C) groups is 1. The van der Waals surface area contributed by atoms with Crippen molar-refractivity contribution < 1.29 is 34.5 Å². The minimum atomic E-state index is -1.54. The average Bonchev–Trinajstić information content (AvgIpc) is 3.29. The van der Waals surface area contributed by atoms with Gasteiger partial charge in [0.05, 0.1) is 25.6 Å². The van der Waals surface area contributed by atoms with Crippen LogP contribution in [0.2, 0.25) is 0 Å². The lowest BCUT2D eigenvalue weighted by molar-refractivity contribution is -0.142. The Balaban J connectivity index is 2.66. The fourth-order valence-electron chi connectivity index (χ4n) is 2.70. The van der Waals surface area contributed by atoms with Gasteiger partial charge in [-0.2, -0.15) is 0 Å². The number of aliphatic hydroxyl groups is 2. The molecule has 190 valence electrons. The number of nitrogens with zero attached hydrogens (tertiary/aromatic N) is 2. The Bertz CT molecular complexity index is 843. The number of nitrogens with one attached hydrogen (secondary N) is 4. The van der Waals surface area contributed by atoms with Gasteiger partial charge in [0.25, 0.3) is 0 Å². The van der Waals surface area contributed by atoms with Gasteiger partial charge in [0.15, 0.2) is 5.96 Å². The van der Waals surface area contributed by atoms with Crippen LogP contribution in [-0.4, -0.2) is 98.9 Å². The van der Waals surface area contributed by atoms with Gasteiger partial charge in [0, 0.05) is 24.9 Å². The number of aromatic nitrogens is 2. The van der Waals surface area contributed by atoms with Crippen molar-refractivity contribution in [2.24, 2.45) is 22.2 Å². The van der Waals surface area contributed by atoms with Crippen LogP contribution in [0.3, 0.4) is 0 Å². The molecule has 1 aromatic rings. The third-order valence-electron chi connectivity index (χ3n) is 4.52. The monoisotopic (exact) mass is 485 g/mol. The molecular formula is C18H31N9O7. The van der Waals surface area contributed by atoms with Crippen LogP contribution < -0.4 is 33.2 Å². The van der Waals surface area contributed by atoms with Crippen molar-refractivity contribution in [1.29, 1.82) is 0 Å². The van der Waals surface area contributed by atoms with E-state index in [0.717, 1.165) is 0 Å². The number of nitrogens with two attached hydrogens (primary N) is 3. The van der Waals surface area contributed by atoms with E-state index in [2.05, 4.69) is 30.9 Å². The molecule has 0 saturated heterocycles. The van der Waals surface area contributed by atoms with Gasteiger partial charge in [-0.05, 0) is 12.8 Å². The number of aromatic amines is 1. The van der Waals surface area contributed by atoms with Gasteiger partial charge in [-0.25, -0.2) is 9.78 Å². The second-order valence-electron chi connectivity index (χ2n) is 7.22. The highest BCUT2D eigenvalue weighted by Crippen LogP contribution is 2.01. The number of H-pyrrole nitrogens is 1. The molecule has 0 aliphatic carbocycles. The van der Waals surface area contributed by atoms with Crippen LogP contribution >= 0.6 is 0 Å². The molecule has 0 spiro atoms. The number of imidazole rings is 1. The largest absolute Gasteiger partial charge is 0.480 e. The van der Waals surface area contributed by atoms with Gasteiger partial charge in [-0.15, -0.1) is 0 Å². The normalized spacial score (nSPS) is 14.2. The summed E-state index contributed by atoms with van der Waals surface area (Å²) in [6.07, 6.45) is 3.19. The number of hydrogen-bond donors (Lipinski definition) is 10. The number of rotatable bonds is 15. The summed E-state index contributed by atoms with van der Waals surface area (Å²) in [6.45, 7) is -1.55. The number of carbonyl (C=O) groups excluding carboxylic acids is 3. The van der Waals surface area contributed by atoms with Gasteiger partial charge in [-0.1, -0.05) is 0 Å². The zero-order chi connectivity index (χ0) is 25.7. The third-order valence-corrected chi connectivity index (χ3v) is 4.52. The summed E-state index contributed by atoms with van der Waals surface area (Å²) < 4.78 is 0. The molecule has 0 aromatic carbocycles. The van der Waals surface area contributed by atoms with E-state index in [1.54, 1.807) is 0 Å². The first kappa shape index (κ1) is 28.3. The lowest BCUT2D eigenvalue weighted by atomic mass is 10.1. The van der Waals surface area contributed by atoms with E-state index in [1.807, 2.05) is 0 Å². The van der Waals surface area contributed by atoms with Gasteiger partial charge >= 0.3 is 5.97 Å². The van der Waals surface area contributed by atoms with Crippen LogP contribution in [0.25, 0.3) is 0 Å². The molecule has 3 amide bonds. The molecule has 4 atom stereocenters. The first-order chi connectivity index (χ1) is 16.1. The molecule has 0 saturated carbocycles. The van der Waals surface area contributed by atoms with E-state index in [1.165, 1.54) is 12.5 Å². The van der Waals surface area contributed by atoms with Gasteiger partial charge in [-0.3, -0.25) is 19.4 Å². The quantitative estimate of drug-likeness (QED) is 0.0636. The lowest BCUT2D eigenvalue weighted by Gasteiger charge is -2.23. The number of aliphatic hydroxyl groups excluding tert-OH is 2. The number of carbonyl (C=O) groups is 4. The van der Waals surface area contributed by atoms with Crippen LogP contribution in [0.15, 0.2) is 17.5 Å². The maximum atomic E-state index is 12.4. The maximum Gasteiger partial charge on any atom is 0.326 e. The van der Waals surface area contributed by atoms with E-state index in [9.17, 15) is 34.5 Å². The van der Waals surface area contributed by atoms with Crippen molar-refractivity contribution in [1.82, 2.24) is 25.9 Å². The first-order valence-corrected chi connectivity index (χ1v) is 10.2. The Kier molecular flexibility index (Phi) is 12.0. The fraction of sp³-hybridized carbons (Fsp3) is 0.556. The molecular weight excluding hydrogens is 454 g/mol. The Morgan fingerprint density at radius 1 is 1.00 bits per heavy atom. The molecule has 0 aliphatic heterocycles. The van der Waals surface area contributed by atoms with Crippen molar-refractivity contribution in [3.05, 3.63) is 18.2 Å².